The molecular weight excluding hydrogens is 395 g/mol. The highest BCUT2D eigenvalue weighted by Gasteiger charge is 2.29. The van der Waals surface area contributed by atoms with E-state index in [9.17, 15) is 9.59 Å². The number of rotatable bonds is 9. The number of nitrogens with one attached hydrogen (secondary N) is 1. The normalized spacial score (nSPS) is 11.7. The van der Waals surface area contributed by atoms with Crippen LogP contribution in [0.5, 0.6) is 0 Å². The molecule has 2 rings (SSSR count). The largest absolute Gasteiger partial charge is 0.354 e. The molecular formula is C22H26Cl2N2O2. The van der Waals surface area contributed by atoms with Gasteiger partial charge in [0, 0.05) is 23.1 Å². The molecule has 0 aliphatic rings. The monoisotopic (exact) mass is 420 g/mol. The van der Waals surface area contributed by atoms with Gasteiger partial charge >= 0.3 is 0 Å². The zero-order valence-electron chi connectivity index (χ0n) is 16.3. The summed E-state index contributed by atoms with van der Waals surface area (Å²) < 4.78 is 0. The zero-order chi connectivity index (χ0) is 20.5. The molecule has 0 aliphatic heterocycles. The zero-order valence-corrected chi connectivity index (χ0v) is 17.8. The molecule has 0 aliphatic carbocycles. The molecule has 1 atom stereocenters. The highest BCUT2D eigenvalue weighted by molar-refractivity contribution is 6.31. The number of halogens is 2. The number of benzene rings is 2. The summed E-state index contributed by atoms with van der Waals surface area (Å²) in [4.78, 5) is 27.5. The minimum atomic E-state index is -0.571. The Morgan fingerprint density at radius 1 is 0.964 bits per heavy atom. The number of carbonyl (C=O) groups excluding carboxylic acids is 2. The quantitative estimate of drug-likeness (QED) is 0.628. The van der Waals surface area contributed by atoms with Gasteiger partial charge in [0.25, 0.3) is 0 Å². The van der Waals surface area contributed by atoms with E-state index in [1.165, 1.54) is 0 Å². The van der Waals surface area contributed by atoms with Crippen LogP contribution in [0.4, 0.5) is 0 Å². The number of hydrogen-bond acceptors (Lipinski definition) is 2. The Kier molecular flexibility index (Phi) is 8.81. The van der Waals surface area contributed by atoms with Crippen LogP contribution in [0, 0.1) is 0 Å². The van der Waals surface area contributed by atoms with E-state index in [0.29, 0.717) is 23.0 Å². The SMILES string of the molecule is CCCNC(=O)[C@H](CC)N(Cc1ccccc1Cl)C(=O)Cc1ccccc1Cl. The maximum Gasteiger partial charge on any atom is 0.242 e. The summed E-state index contributed by atoms with van der Waals surface area (Å²) in [6, 6.07) is 14.0. The summed E-state index contributed by atoms with van der Waals surface area (Å²) in [7, 11) is 0. The summed E-state index contributed by atoms with van der Waals surface area (Å²) in [6.45, 7) is 4.73. The maximum absolute atomic E-state index is 13.2. The van der Waals surface area contributed by atoms with Crippen LogP contribution in [0.2, 0.25) is 10.0 Å². The molecule has 6 heteroatoms. The molecule has 150 valence electrons. The highest BCUT2D eigenvalue weighted by atomic mass is 35.5. The van der Waals surface area contributed by atoms with E-state index >= 15 is 0 Å². The minimum Gasteiger partial charge on any atom is -0.354 e. The first-order valence-corrected chi connectivity index (χ1v) is 10.3. The standard InChI is InChI=1S/C22H26Cl2N2O2/c1-3-13-25-22(28)20(4-2)26(15-17-10-6-8-12-19(17)24)21(27)14-16-9-5-7-11-18(16)23/h5-12,20H,3-4,13-15H2,1-2H3,(H,25,28)/t20-/m0/s1. The Morgan fingerprint density at radius 3 is 2.07 bits per heavy atom. The number of hydrogen-bond donors (Lipinski definition) is 1. The lowest BCUT2D eigenvalue weighted by atomic mass is 10.1. The molecule has 0 heterocycles. The Balaban J connectivity index is 2.31. The fourth-order valence-electron chi connectivity index (χ4n) is 3.00. The van der Waals surface area contributed by atoms with Crippen molar-refractivity contribution < 1.29 is 9.59 Å². The summed E-state index contributed by atoms with van der Waals surface area (Å²) >= 11 is 12.5. The Hall–Kier alpha value is -2.04. The van der Waals surface area contributed by atoms with E-state index in [1.807, 2.05) is 50.2 Å². The third-order valence-electron chi connectivity index (χ3n) is 4.53. The van der Waals surface area contributed by atoms with Gasteiger partial charge in [0.2, 0.25) is 11.8 Å². The van der Waals surface area contributed by atoms with E-state index in [4.69, 9.17) is 23.2 Å². The van der Waals surface area contributed by atoms with Gasteiger partial charge in [-0.2, -0.15) is 0 Å². The van der Waals surface area contributed by atoms with Crippen molar-refractivity contribution >= 4 is 35.0 Å². The molecule has 2 aromatic rings. The second-order valence-electron chi connectivity index (χ2n) is 6.60. The van der Waals surface area contributed by atoms with Crippen LogP contribution in [-0.4, -0.2) is 29.3 Å². The third-order valence-corrected chi connectivity index (χ3v) is 5.27. The van der Waals surface area contributed by atoms with Crippen LogP contribution >= 0.6 is 23.2 Å². The number of amides is 2. The molecule has 0 unspecified atom stereocenters. The molecule has 0 aromatic heterocycles. The average Bonchev–Trinajstić information content (AvgIpc) is 2.69. The smallest absolute Gasteiger partial charge is 0.242 e. The van der Waals surface area contributed by atoms with Crippen molar-refractivity contribution in [3.8, 4) is 0 Å². The molecule has 0 saturated carbocycles. The van der Waals surface area contributed by atoms with Crippen LogP contribution in [-0.2, 0) is 22.6 Å². The molecule has 0 radical (unpaired) electrons. The van der Waals surface area contributed by atoms with E-state index in [2.05, 4.69) is 5.32 Å². The van der Waals surface area contributed by atoms with Crippen molar-refractivity contribution in [1.29, 1.82) is 0 Å². The molecule has 28 heavy (non-hydrogen) atoms. The predicted molar refractivity (Wildman–Crippen MR) is 115 cm³/mol. The summed E-state index contributed by atoms with van der Waals surface area (Å²) in [5.74, 6) is -0.310. The first-order chi connectivity index (χ1) is 13.5. The lowest BCUT2D eigenvalue weighted by Crippen LogP contribution is -2.49. The van der Waals surface area contributed by atoms with Crippen molar-refractivity contribution in [1.82, 2.24) is 10.2 Å². The molecule has 0 saturated heterocycles. The van der Waals surface area contributed by atoms with Crippen LogP contribution in [0.25, 0.3) is 0 Å². The summed E-state index contributed by atoms with van der Waals surface area (Å²) in [5.41, 5.74) is 1.54. The van der Waals surface area contributed by atoms with E-state index in [-0.39, 0.29) is 24.8 Å². The fraction of sp³-hybridized carbons (Fsp3) is 0.364. The predicted octanol–water partition coefficient (Wildman–Crippen LogP) is 4.87. The van der Waals surface area contributed by atoms with Gasteiger partial charge in [-0.25, -0.2) is 0 Å². The number of carbonyl (C=O) groups is 2. The first kappa shape index (κ1) is 22.3. The second-order valence-corrected chi connectivity index (χ2v) is 7.41. The van der Waals surface area contributed by atoms with Crippen LogP contribution < -0.4 is 5.32 Å². The van der Waals surface area contributed by atoms with Gasteiger partial charge in [0.15, 0.2) is 0 Å². The number of nitrogens with zero attached hydrogens (tertiary/aromatic N) is 1. The highest BCUT2D eigenvalue weighted by Crippen LogP contribution is 2.22. The second kappa shape index (κ2) is 11.1. The topological polar surface area (TPSA) is 49.4 Å². The average molecular weight is 421 g/mol. The van der Waals surface area contributed by atoms with Gasteiger partial charge in [-0.15, -0.1) is 0 Å². The molecule has 1 N–H and O–H groups in total. The minimum absolute atomic E-state index is 0.127. The summed E-state index contributed by atoms with van der Waals surface area (Å²) in [5, 5.41) is 4.01. The van der Waals surface area contributed by atoms with Gasteiger partial charge in [-0.1, -0.05) is 73.4 Å². The van der Waals surface area contributed by atoms with Crippen LogP contribution in [0.1, 0.15) is 37.8 Å². The Morgan fingerprint density at radius 2 is 1.54 bits per heavy atom. The molecule has 0 fully saturated rings. The maximum atomic E-state index is 13.2. The fourth-order valence-corrected chi connectivity index (χ4v) is 3.40. The molecule has 2 amide bonds. The van der Waals surface area contributed by atoms with Crippen molar-refractivity contribution in [3.05, 3.63) is 69.7 Å². The van der Waals surface area contributed by atoms with Crippen molar-refractivity contribution in [3.63, 3.8) is 0 Å². The van der Waals surface area contributed by atoms with Gasteiger partial charge < -0.3 is 10.2 Å². The molecule has 2 aromatic carbocycles. The molecule has 0 bridgehead atoms. The van der Waals surface area contributed by atoms with Crippen molar-refractivity contribution in [2.75, 3.05) is 6.54 Å². The lowest BCUT2D eigenvalue weighted by molar-refractivity contribution is -0.140. The third kappa shape index (κ3) is 5.98. The van der Waals surface area contributed by atoms with Crippen LogP contribution in [0.15, 0.2) is 48.5 Å². The Bertz CT molecular complexity index is 811. The molecule has 4 nitrogen and oxygen atoms in total. The van der Waals surface area contributed by atoms with Crippen molar-refractivity contribution in [2.45, 2.75) is 45.7 Å². The van der Waals surface area contributed by atoms with Crippen LogP contribution in [0.3, 0.4) is 0 Å². The van der Waals surface area contributed by atoms with Crippen molar-refractivity contribution in [2.24, 2.45) is 0 Å². The van der Waals surface area contributed by atoms with Gasteiger partial charge in [0.05, 0.1) is 6.42 Å². The Labute approximate surface area is 176 Å². The van der Waals surface area contributed by atoms with E-state index < -0.39 is 6.04 Å². The van der Waals surface area contributed by atoms with Gasteiger partial charge in [-0.3, -0.25) is 9.59 Å². The summed E-state index contributed by atoms with van der Waals surface area (Å²) in [6.07, 6.45) is 1.47. The first-order valence-electron chi connectivity index (χ1n) is 9.51. The lowest BCUT2D eigenvalue weighted by Gasteiger charge is -2.31. The van der Waals surface area contributed by atoms with E-state index in [1.54, 1.807) is 17.0 Å². The van der Waals surface area contributed by atoms with Gasteiger partial charge in [-0.05, 0) is 36.1 Å². The van der Waals surface area contributed by atoms with Gasteiger partial charge in [0.1, 0.15) is 6.04 Å². The molecule has 0 spiro atoms. The van der Waals surface area contributed by atoms with E-state index in [0.717, 1.165) is 17.5 Å².